The van der Waals surface area contributed by atoms with Crippen molar-refractivity contribution in [1.82, 2.24) is 4.98 Å². The molecular formula is C16H16N2O2. The SMILES string of the molecule is CCOc1cccnc1NC(=O)/C=C/c1ccccc1. The van der Waals surface area contributed by atoms with E-state index < -0.39 is 0 Å². The Hall–Kier alpha value is -2.62. The van der Waals surface area contributed by atoms with Gasteiger partial charge in [0.25, 0.3) is 0 Å². The maximum Gasteiger partial charge on any atom is 0.249 e. The van der Waals surface area contributed by atoms with Crippen LogP contribution in [0.2, 0.25) is 0 Å². The highest BCUT2D eigenvalue weighted by atomic mass is 16.5. The molecular weight excluding hydrogens is 252 g/mol. The van der Waals surface area contributed by atoms with Gasteiger partial charge in [-0.1, -0.05) is 30.3 Å². The topological polar surface area (TPSA) is 51.2 Å². The van der Waals surface area contributed by atoms with Crippen LogP contribution in [0.4, 0.5) is 5.82 Å². The first-order chi connectivity index (χ1) is 9.79. The number of carbonyl (C=O) groups excluding carboxylic acids is 1. The van der Waals surface area contributed by atoms with E-state index in [1.54, 1.807) is 24.4 Å². The van der Waals surface area contributed by atoms with Gasteiger partial charge in [-0.2, -0.15) is 0 Å². The van der Waals surface area contributed by atoms with Crippen molar-refractivity contribution in [2.24, 2.45) is 0 Å². The van der Waals surface area contributed by atoms with Crippen LogP contribution in [0.5, 0.6) is 5.75 Å². The summed E-state index contributed by atoms with van der Waals surface area (Å²) in [6.45, 7) is 2.41. The lowest BCUT2D eigenvalue weighted by molar-refractivity contribution is -0.111. The van der Waals surface area contributed by atoms with E-state index in [0.29, 0.717) is 18.2 Å². The van der Waals surface area contributed by atoms with Crippen molar-refractivity contribution >= 4 is 17.8 Å². The molecule has 0 fully saturated rings. The first-order valence-corrected chi connectivity index (χ1v) is 6.41. The van der Waals surface area contributed by atoms with Crippen LogP contribution >= 0.6 is 0 Å². The molecule has 0 spiro atoms. The third kappa shape index (κ3) is 3.95. The van der Waals surface area contributed by atoms with Crippen LogP contribution in [0.25, 0.3) is 6.08 Å². The Morgan fingerprint density at radius 2 is 2.05 bits per heavy atom. The quantitative estimate of drug-likeness (QED) is 0.848. The summed E-state index contributed by atoms with van der Waals surface area (Å²) in [6, 6.07) is 13.2. The minimum atomic E-state index is -0.242. The molecule has 2 aromatic rings. The smallest absolute Gasteiger partial charge is 0.249 e. The fourth-order valence-corrected chi connectivity index (χ4v) is 1.65. The Balaban J connectivity index is 2.03. The highest BCUT2D eigenvalue weighted by Gasteiger charge is 2.06. The average Bonchev–Trinajstić information content (AvgIpc) is 2.49. The van der Waals surface area contributed by atoms with Gasteiger partial charge in [0, 0.05) is 12.3 Å². The van der Waals surface area contributed by atoms with Crippen molar-refractivity contribution in [3.8, 4) is 5.75 Å². The van der Waals surface area contributed by atoms with E-state index in [4.69, 9.17) is 4.74 Å². The summed E-state index contributed by atoms with van der Waals surface area (Å²) in [4.78, 5) is 16.0. The number of nitrogens with one attached hydrogen (secondary N) is 1. The number of amides is 1. The molecule has 0 aliphatic carbocycles. The highest BCUT2D eigenvalue weighted by molar-refractivity contribution is 6.02. The molecule has 1 amide bonds. The number of nitrogens with zero attached hydrogens (tertiary/aromatic N) is 1. The minimum absolute atomic E-state index is 0.242. The number of carbonyl (C=O) groups is 1. The van der Waals surface area contributed by atoms with Gasteiger partial charge in [-0.25, -0.2) is 4.98 Å². The summed E-state index contributed by atoms with van der Waals surface area (Å²) in [6.07, 6.45) is 4.83. The van der Waals surface area contributed by atoms with E-state index in [2.05, 4.69) is 10.3 Å². The maximum absolute atomic E-state index is 11.8. The van der Waals surface area contributed by atoms with E-state index in [9.17, 15) is 4.79 Å². The number of aromatic nitrogens is 1. The lowest BCUT2D eigenvalue weighted by atomic mass is 10.2. The van der Waals surface area contributed by atoms with Gasteiger partial charge >= 0.3 is 0 Å². The van der Waals surface area contributed by atoms with Gasteiger partial charge in [-0.05, 0) is 30.7 Å². The zero-order valence-corrected chi connectivity index (χ0v) is 11.2. The fraction of sp³-hybridized carbons (Fsp3) is 0.125. The van der Waals surface area contributed by atoms with Crippen LogP contribution in [0.1, 0.15) is 12.5 Å². The number of pyridine rings is 1. The second kappa shape index (κ2) is 7.09. The lowest BCUT2D eigenvalue weighted by Crippen LogP contribution is -2.10. The zero-order chi connectivity index (χ0) is 14.2. The van der Waals surface area contributed by atoms with Gasteiger partial charge in [-0.15, -0.1) is 0 Å². The van der Waals surface area contributed by atoms with Gasteiger partial charge in [0.2, 0.25) is 5.91 Å². The van der Waals surface area contributed by atoms with Crippen LogP contribution in [-0.4, -0.2) is 17.5 Å². The molecule has 2 rings (SSSR count). The van der Waals surface area contributed by atoms with E-state index in [-0.39, 0.29) is 5.91 Å². The van der Waals surface area contributed by atoms with Crippen LogP contribution in [0.15, 0.2) is 54.7 Å². The highest BCUT2D eigenvalue weighted by Crippen LogP contribution is 2.20. The van der Waals surface area contributed by atoms with Gasteiger partial charge in [0.1, 0.15) is 0 Å². The van der Waals surface area contributed by atoms with E-state index in [1.165, 1.54) is 6.08 Å². The molecule has 4 nitrogen and oxygen atoms in total. The molecule has 102 valence electrons. The largest absolute Gasteiger partial charge is 0.490 e. The van der Waals surface area contributed by atoms with Crippen LogP contribution in [0.3, 0.4) is 0 Å². The standard InChI is InChI=1S/C16H16N2O2/c1-2-20-14-9-6-12-17-16(14)18-15(19)11-10-13-7-4-3-5-8-13/h3-12H,2H2,1H3,(H,17,18,19)/b11-10+. The van der Waals surface area contributed by atoms with Crippen molar-refractivity contribution < 1.29 is 9.53 Å². The Morgan fingerprint density at radius 1 is 1.25 bits per heavy atom. The maximum atomic E-state index is 11.8. The van der Waals surface area contributed by atoms with Crippen molar-refractivity contribution in [3.05, 3.63) is 60.3 Å². The summed E-state index contributed by atoms with van der Waals surface area (Å²) >= 11 is 0. The molecule has 20 heavy (non-hydrogen) atoms. The lowest BCUT2D eigenvalue weighted by Gasteiger charge is -2.08. The molecule has 0 bridgehead atoms. The predicted molar refractivity (Wildman–Crippen MR) is 79.5 cm³/mol. The molecule has 0 radical (unpaired) electrons. The summed E-state index contributed by atoms with van der Waals surface area (Å²) in [7, 11) is 0. The molecule has 0 atom stereocenters. The summed E-state index contributed by atoms with van der Waals surface area (Å²) in [5.74, 6) is 0.752. The molecule has 0 aliphatic rings. The van der Waals surface area contributed by atoms with Gasteiger partial charge < -0.3 is 10.1 Å². The Labute approximate surface area is 118 Å². The molecule has 4 heteroatoms. The molecule has 1 aromatic heterocycles. The third-order valence-corrected chi connectivity index (χ3v) is 2.54. The van der Waals surface area contributed by atoms with Gasteiger partial charge in [0.15, 0.2) is 11.6 Å². The molecule has 0 aliphatic heterocycles. The summed E-state index contributed by atoms with van der Waals surface area (Å²) in [5, 5.41) is 2.70. The second-order valence-corrected chi connectivity index (χ2v) is 4.02. The Morgan fingerprint density at radius 3 is 2.80 bits per heavy atom. The molecule has 0 unspecified atom stereocenters. The first-order valence-electron chi connectivity index (χ1n) is 6.41. The van der Waals surface area contributed by atoms with E-state index in [1.807, 2.05) is 37.3 Å². The van der Waals surface area contributed by atoms with Gasteiger partial charge in [-0.3, -0.25) is 4.79 Å². The predicted octanol–water partition coefficient (Wildman–Crippen LogP) is 3.13. The number of anilines is 1. The van der Waals surface area contributed by atoms with E-state index in [0.717, 1.165) is 5.56 Å². The number of rotatable bonds is 5. The van der Waals surface area contributed by atoms with Crippen molar-refractivity contribution in [3.63, 3.8) is 0 Å². The monoisotopic (exact) mass is 268 g/mol. The van der Waals surface area contributed by atoms with Crippen LogP contribution in [-0.2, 0) is 4.79 Å². The van der Waals surface area contributed by atoms with E-state index >= 15 is 0 Å². The first kappa shape index (κ1) is 13.8. The molecule has 1 heterocycles. The Kier molecular flexibility index (Phi) is 4.89. The van der Waals surface area contributed by atoms with Crippen molar-refractivity contribution in [1.29, 1.82) is 0 Å². The average molecular weight is 268 g/mol. The Bertz CT molecular complexity index is 594. The summed E-state index contributed by atoms with van der Waals surface area (Å²) in [5.41, 5.74) is 0.966. The fourth-order valence-electron chi connectivity index (χ4n) is 1.65. The molecule has 1 aromatic carbocycles. The van der Waals surface area contributed by atoms with Crippen molar-refractivity contribution in [2.45, 2.75) is 6.92 Å². The minimum Gasteiger partial charge on any atom is -0.490 e. The molecule has 1 N–H and O–H groups in total. The number of ether oxygens (including phenoxy) is 1. The number of hydrogen-bond acceptors (Lipinski definition) is 3. The normalized spacial score (nSPS) is 10.4. The molecule has 0 saturated heterocycles. The summed E-state index contributed by atoms with van der Waals surface area (Å²) < 4.78 is 5.40. The van der Waals surface area contributed by atoms with Crippen molar-refractivity contribution in [2.75, 3.05) is 11.9 Å². The zero-order valence-electron chi connectivity index (χ0n) is 11.2. The number of benzene rings is 1. The molecule has 0 saturated carbocycles. The van der Waals surface area contributed by atoms with Crippen LogP contribution < -0.4 is 10.1 Å². The number of hydrogen-bond donors (Lipinski definition) is 1. The van der Waals surface area contributed by atoms with Crippen LogP contribution in [0, 0.1) is 0 Å². The van der Waals surface area contributed by atoms with Gasteiger partial charge in [0.05, 0.1) is 6.61 Å². The third-order valence-electron chi connectivity index (χ3n) is 2.54. The second-order valence-electron chi connectivity index (χ2n) is 4.02.